The minimum Gasteiger partial charge on any atom is -0.380 e. The number of rotatable bonds is 8. The molecule has 0 saturated carbocycles. The maximum atomic E-state index is 12.1. The molecule has 1 fully saturated rings. The van der Waals surface area contributed by atoms with Crippen LogP contribution in [0.5, 0.6) is 0 Å². The van der Waals surface area contributed by atoms with Crippen LogP contribution in [0.3, 0.4) is 0 Å². The SMILES string of the molecule is CCOCCNC1CC(=O)N(C(CC)CC)C1=O. The highest BCUT2D eigenvalue weighted by molar-refractivity contribution is 6.05. The molecule has 1 rings (SSSR count). The number of hydrogen-bond acceptors (Lipinski definition) is 4. The molecule has 1 heterocycles. The molecule has 5 heteroatoms. The first kappa shape index (κ1) is 15.1. The Kier molecular flexibility index (Phi) is 6.29. The molecule has 5 nitrogen and oxygen atoms in total. The van der Waals surface area contributed by atoms with E-state index in [0.29, 0.717) is 19.8 Å². The molecule has 1 aliphatic heterocycles. The second kappa shape index (κ2) is 7.48. The van der Waals surface area contributed by atoms with Gasteiger partial charge in [-0.2, -0.15) is 0 Å². The molecule has 0 aromatic carbocycles. The van der Waals surface area contributed by atoms with Crippen LogP contribution in [0.15, 0.2) is 0 Å². The fraction of sp³-hybridized carbons (Fsp3) is 0.846. The molecule has 0 radical (unpaired) electrons. The highest BCUT2D eigenvalue weighted by atomic mass is 16.5. The third-order valence-corrected chi connectivity index (χ3v) is 3.33. The van der Waals surface area contributed by atoms with Crippen molar-refractivity contribution in [3.05, 3.63) is 0 Å². The highest BCUT2D eigenvalue weighted by Crippen LogP contribution is 2.19. The minimum absolute atomic E-state index is 0.0451. The van der Waals surface area contributed by atoms with Crippen LogP contribution in [-0.2, 0) is 14.3 Å². The Morgan fingerprint density at radius 2 is 2.00 bits per heavy atom. The highest BCUT2D eigenvalue weighted by Gasteiger charge is 2.40. The minimum atomic E-state index is -0.362. The van der Waals surface area contributed by atoms with Gasteiger partial charge in [-0.1, -0.05) is 13.8 Å². The van der Waals surface area contributed by atoms with Gasteiger partial charge < -0.3 is 10.1 Å². The van der Waals surface area contributed by atoms with Crippen LogP contribution < -0.4 is 5.32 Å². The first-order valence-electron chi connectivity index (χ1n) is 6.82. The molecule has 0 aliphatic carbocycles. The molecule has 1 unspecified atom stereocenters. The molecule has 1 atom stereocenters. The average Bonchev–Trinajstić information content (AvgIpc) is 2.64. The van der Waals surface area contributed by atoms with E-state index >= 15 is 0 Å². The van der Waals surface area contributed by atoms with Gasteiger partial charge in [-0.05, 0) is 19.8 Å². The molecule has 0 bridgehead atoms. The molecule has 104 valence electrons. The largest absolute Gasteiger partial charge is 0.380 e. The van der Waals surface area contributed by atoms with E-state index in [-0.39, 0.29) is 30.3 Å². The fourth-order valence-corrected chi connectivity index (χ4v) is 2.30. The van der Waals surface area contributed by atoms with Gasteiger partial charge in [-0.15, -0.1) is 0 Å². The van der Waals surface area contributed by atoms with Crippen molar-refractivity contribution < 1.29 is 14.3 Å². The van der Waals surface area contributed by atoms with E-state index in [1.807, 2.05) is 20.8 Å². The van der Waals surface area contributed by atoms with Gasteiger partial charge in [-0.25, -0.2) is 0 Å². The van der Waals surface area contributed by atoms with Crippen LogP contribution >= 0.6 is 0 Å². The van der Waals surface area contributed by atoms with Crippen molar-refractivity contribution in [2.45, 2.75) is 52.1 Å². The Hall–Kier alpha value is -0.940. The molecule has 2 amide bonds. The predicted octanol–water partition coefficient (Wildman–Crippen LogP) is 0.929. The van der Waals surface area contributed by atoms with Crippen LogP contribution in [0.1, 0.15) is 40.0 Å². The lowest BCUT2D eigenvalue weighted by molar-refractivity contribution is -0.141. The monoisotopic (exact) mass is 256 g/mol. The molecule has 1 N–H and O–H groups in total. The van der Waals surface area contributed by atoms with Crippen molar-refractivity contribution in [2.75, 3.05) is 19.8 Å². The lowest BCUT2D eigenvalue weighted by Gasteiger charge is -2.24. The Bertz CT molecular complexity index is 290. The summed E-state index contributed by atoms with van der Waals surface area (Å²) in [5, 5.41) is 3.09. The smallest absolute Gasteiger partial charge is 0.247 e. The molecule has 18 heavy (non-hydrogen) atoms. The van der Waals surface area contributed by atoms with E-state index in [2.05, 4.69) is 5.32 Å². The van der Waals surface area contributed by atoms with Gasteiger partial charge in [0, 0.05) is 19.2 Å². The summed E-state index contributed by atoms with van der Waals surface area (Å²) in [7, 11) is 0. The topological polar surface area (TPSA) is 58.6 Å². The van der Waals surface area contributed by atoms with Gasteiger partial charge in [0.1, 0.15) is 0 Å². The van der Waals surface area contributed by atoms with Crippen molar-refractivity contribution in [1.29, 1.82) is 0 Å². The number of likely N-dealkylation sites (tertiary alicyclic amines) is 1. The number of ether oxygens (including phenoxy) is 1. The third-order valence-electron chi connectivity index (χ3n) is 3.33. The Labute approximate surface area is 109 Å². The van der Waals surface area contributed by atoms with Crippen LogP contribution in [0, 0.1) is 0 Å². The number of nitrogens with one attached hydrogen (secondary N) is 1. The zero-order chi connectivity index (χ0) is 13.5. The van der Waals surface area contributed by atoms with E-state index in [1.54, 1.807) is 0 Å². The summed E-state index contributed by atoms with van der Waals surface area (Å²) >= 11 is 0. The van der Waals surface area contributed by atoms with E-state index < -0.39 is 0 Å². The van der Waals surface area contributed by atoms with Gasteiger partial charge in [0.2, 0.25) is 11.8 Å². The summed E-state index contributed by atoms with van der Waals surface area (Å²) in [4.78, 5) is 25.5. The zero-order valence-corrected chi connectivity index (χ0v) is 11.6. The number of carbonyl (C=O) groups excluding carboxylic acids is 2. The number of carbonyl (C=O) groups is 2. The molecule has 1 saturated heterocycles. The number of amides is 2. The molecule has 1 aliphatic rings. The van der Waals surface area contributed by atoms with Gasteiger partial charge in [0.25, 0.3) is 0 Å². The normalized spacial score (nSPS) is 20.2. The molecular weight excluding hydrogens is 232 g/mol. The van der Waals surface area contributed by atoms with Crippen LogP contribution in [0.4, 0.5) is 0 Å². The van der Waals surface area contributed by atoms with Crippen LogP contribution in [0.2, 0.25) is 0 Å². The lowest BCUT2D eigenvalue weighted by Crippen LogP contribution is -2.44. The van der Waals surface area contributed by atoms with Crippen molar-refractivity contribution >= 4 is 11.8 Å². The number of nitrogens with zero attached hydrogens (tertiary/aromatic N) is 1. The Morgan fingerprint density at radius 3 is 2.56 bits per heavy atom. The van der Waals surface area contributed by atoms with Crippen LogP contribution in [-0.4, -0.2) is 48.6 Å². The molecule has 0 aromatic heterocycles. The maximum absolute atomic E-state index is 12.1. The number of imide groups is 1. The van der Waals surface area contributed by atoms with E-state index in [0.717, 1.165) is 12.8 Å². The standard InChI is InChI=1S/C13H24N2O3/c1-4-10(5-2)15-12(16)9-11(13(15)17)14-7-8-18-6-3/h10-11,14H,4-9H2,1-3H3. The second-order valence-corrected chi connectivity index (χ2v) is 4.48. The summed E-state index contributed by atoms with van der Waals surface area (Å²) in [5.74, 6) is -0.132. The van der Waals surface area contributed by atoms with Crippen molar-refractivity contribution in [3.8, 4) is 0 Å². The molecule has 0 aromatic rings. The van der Waals surface area contributed by atoms with Gasteiger partial charge in [0.15, 0.2) is 0 Å². The van der Waals surface area contributed by atoms with Crippen LogP contribution in [0.25, 0.3) is 0 Å². The van der Waals surface area contributed by atoms with Gasteiger partial charge >= 0.3 is 0 Å². The summed E-state index contributed by atoms with van der Waals surface area (Å²) in [5.41, 5.74) is 0. The predicted molar refractivity (Wildman–Crippen MR) is 69.1 cm³/mol. The maximum Gasteiger partial charge on any atom is 0.247 e. The lowest BCUT2D eigenvalue weighted by atomic mass is 10.1. The Balaban J connectivity index is 2.50. The summed E-state index contributed by atoms with van der Waals surface area (Å²) in [6.45, 7) is 7.78. The van der Waals surface area contributed by atoms with Crippen molar-refractivity contribution in [2.24, 2.45) is 0 Å². The Morgan fingerprint density at radius 1 is 1.33 bits per heavy atom. The second-order valence-electron chi connectivity index (χ2n) is 4.48. The van der Waals surface area contributed by atoms with Crippen molar-refractivity contribution in [3.63, 3.8) is 0 Å². The van der Waals surface area contributed by atoms with E-state index in [9.17, 15) is 9.59 Å². The summed E-state index contributed by atoms with van der Waals surface area (Å²) in [6.07, 6.45) is 1.92. The average molecular weight is 256 g/mol. The third kappa shape index (κ3) is 3.53. The van der Waals surface area contributed by atoms with Gasteiger partial charge in [0.05, 0.1) is 19.1 Å². The molecule has 0 spiro atoms. The first-order valence-corrected chi connectivity index (χ1v) is 6.82. The van der Waals surface area contributed by atoms with Gasteiger partial charge in [-0.3, -0.25) is 14.5 Å². The summed E-state index contributed by atoms with van der Waals surface area (Å²) < 4.78 is 5.20. The fourth-order valence-electron chi connectivity index (χ4n) is 2.30. The number of hydrogen-bond donors (Lipinski definition) is 1. The summed E-state index contributed by atoms with van der Waals surface area (Å²) in [6, 6.07) is -0.317. The zero-order valence-electron chi connectivity index (χ0n) is 11.6. The molecular formula is C13H24N2O3. The van der Waals surface area contributed by atoms with E-state index in [4.69, 9.17) is 4.74 Å². The quantitative estimate of drug-likeness (QED) is 0.518. The first-order chi connectivity index (χ1) is 8.65. The van der Waals surface area contributed by atoms with Crippen molar-refractivity contribution in [1.82, 2.24) is 10.2 Å². The van der Waals surface area contributed by atoms with E-state index in [1.165, 1.54) is 4.90 Å².